The third-order valence-corrected chi connectivity index (χ3v) is 5.67. The SMILES string of the molecule is NC1CCCC(=O)N(C2CC2)C1c1csc2ccccc12. The van der Waals surface area contributed by atoms with Gasteiger partial charge in [0.2, 0.25) is 5.91 Å². The number of likely N-dealkylation sites (tertiary alicyclic amines) is 1. The summed E-state index contributed by atoms with van der Waals surface area (Å²) < 4.78 is 1.28. The minimum Gasteiger partial charge on any atom is -0.331 e. The van der Waals surface area contributed by atoms with Gasteiger partial charge in [-0.05, 0) is 48.1 Å². The molecule has 2 aliphatic rings. The van der Waals surface area contributed by atoms with Crippen molar-refractivity contribution in [2.75, 3.05) is 0 Å². The summed E-state index contributed by atoms with van der Waals surface area (Å²) in [6, 6.07) is 8.98. The van der Waals surface area contributed by atoms with Gasteiger partial charge in [-0.2, -0.15) is 0 Å². The lowest BCUT2D eigenvalue weighted by Gasteiger charge is -2.34. The summed E-state index contributed by atoms with van der Waals surface area (Å²) in [5.41, 5.74) is 7.75. The number of fused-ring (bicyclic) bond motifs is 1. The van der Waals surface area contributed by atoms with Crippen LogP contribution in [0, 0.1) is 0 Å². The van der Waals surface area contributed by atoms with Gasteiger partial charge in [0.15, 0.2) is 0 Å². The van der Waals surface area contributed by atoms with Crippen LogP contribution >= 0.6 is 11.3 Å². The van der Waals surface area contributed by atoms with Crippen LogP contribution in [0.1, 0.15) is 43.7 Å². The lowest BCUT2D eigenvalue weighted by atomic mass is 9.95. The largest absolute Gasteiger partial charge is 0.331 e. The van der Waals surface area contributed by atoms with E-state index in [0.717, 1.165) is 25.7 Å². The molecule has 0 spiro atoms. The second-order valence-corrected chi connectivity index (χ2v) is 7.13. The fourth-order valence-electron chi connectivity index (χ4n) is 3.53. The zero-order valence-electron chi connectivity index (χ0n) is 12.0. The van der Waals surface area contributed by atoms with Gasteiger partial charge in [-0.3, -0.25) is 4.79 Å². The normalized spacial score (nSPS) is 27.1. The van der Waals surface area contributed by atoms with Crippen LogP contribution in [0.4, 0.5) is 0 Å². The number of hydrogen-bond donors (Lipinski definition) is 1. The van der Waals surface area contributed by atoms with Crippen LogP contribution in [0.5, 0.6) is 0 Å². The molecule has 1 saturated heterocycles. The Morgan fingerprint density at radius 1 is 1.19 bits per heavy atom. The first-order chi connectivity index (χ1) is 10.3. The summed E-state index contributed by atoms with van der Waals surface area (Å²) in [5.74, 6) is 0.297. The topological polar surface area (TPSA) is 46.3 Å². The minimum absolute atomic E-state index is 0.0510. The van der Waals surface area contributed by atoms with Gasteiger partial charge in [0, 0.05) is 23.2 Å². The fourth-order valence-corrected chi connectivity index (χ4v) is 4.52. The maximum absolute atomic E-state index is 12.6. The number of amides is 1. The highest BCUT2D eigenvalue weighted by atomic mass is 32.1. The van der Waals surface area contributed by atoms with E-state index >= 15 is 0 Å². The van der Waals surface area contributed by atoms with Crippen LogP contribution in [-0.4, -0.2) is 22.9 Å². The molecule has 2 unspecified atom stereocenters. The molecule has 2 atom stereocenters. The number of benzene rings is 1. The van der Waals surface area contributed by atoms with Crippen LogP contribution in [0.3, 0.4) is 0 Å². The molecule has 1 aromatic heterocycles. The number of hydrogen-bond acceptors (Lipinski definition) is 3. The molecule has 110 valence electrons. The molecule has 2 N–H and O–H groups in total. The second-order valence-electron chi connectivity index (χ2n) is 6.22. The van der Waals surface area contributed by atoms with Crippen molar-refractivity contribution in [3.63, 3.8) is 0 Å². The van der Waals surface area contributed by atoms with Gasteiger partial charge < -0.3 is 10.6 Å². The molecular formula is C17H20N2OS. The van der Waals surface area contributed by atoms with Crippen LogP contribution < -0.4 is 5.73 Å². The predicted octanol–water partition coefficient (Wildman–Crippen LogP) is 3.44. The summed E-state index contributed by atoms with van der Waals surface area (Å²) in [5, 5.41) is 3.48. The van der Waals surface area contributed by atoms with E-state index in [-0.39, 0.29) is 12.1 Å². The zero-order valence-corrected chi connectivity index (χ0v) is 12.8. The van der Waals surface area contributed by atoms with Crippen molar-refractivity contribution < 1.29 is 4.79 Å². The standard InChI is InChI=1S/C17H20N2OS/c18-14-5-3-7-16(20)19(11-8-9-11)17(14)13-10-21-15-6-2-1-4-12(13)15/h1-2,4,6,10-11,14,17H,3,5,7-9,18H2. The van der Waals surface area contributed by atoms with Crippen molar-refractivity contribution in [2.24, 2.45) is 5.73 Å². The second kappa shape index (κ2) is 5.11. The Morgan fingerprint density at radius 3 is 2.81 bits per heavy atom. The Balaban J connectivity index is 1.83. The van der Waals surface area contributed by atoms with Crippen LogP contribution in [0.25, 0.3) is 10.1 Å². The Morgan fingerprint density at radius 2 is 2.00 bits per heavy atom. The van der Waals surface area contributed by atoms with Gasteiger partial charge in [-0.25, -0.2) is 0 Å². The maximum Gasteiger partial charge on any atom is 0.223 e. The van der Waals surface area contributed by atoms with Gasteiger partial charge in [0.25, 0.3) is 0 Å². The van der Waals surface area contributed by atoms with E-state index in [2.05, 4.69) is 34.5 Å². The van der Waals surface area contributed by atoms with Crippen LogP contribution in [0.2, 0.25) is 0 Å². The molecule has 0 bridgehead atoms. The first-order valence-corrected chi connectivity index (χ1v) is 8.66. The summed E-state index contributed by atoms with van der Waals surface area (Å²) in [7, 11) is 0. The fraction of sp³-hybridized carbons (Fsp3) is 0.471. The van der Waals surface area contributed by atoms with Gasteiger partial charge in [0.05, 0.1) is 6.04 Å². The van der Waals surface area contributed by atoms with Gasteiger partial charge >= 0.3 is 0 Å². The summed E-state index contributed by atoms with van der Waals surface area (Å²) in [4.78, 5) is 14.7. The molecule has 21 heavy (non-hydrogen) atoms. The van der Waals surface area contributed by atoms with Crippen LogP contribution in [-0.2, 0) is 4.79 Å². The Bertz CT molecular complexity index is 676. The molecule has 1 amide bonds. The van der Waals surface area contributed by atoms with Crippen LogP contribution in [0.15, 0.2) is 29.6 Å². The highest BCUT2D eigenvalue weighted by Gasteiger charge is 2.42. The molecule has 1 saturated carbocycles. The number of nitrogens with zero attached hydrogens (tertiary/aromatic N) is 1. The van der Waals surface area contributed by atoms with Gasteiger partial charge in [-0.1, -0.05) is 18.2 Å². The van der Waals surface area contributed by atoms with E-state index in [4.69, 9.17) is 5.73 Å². The van der Waals surface area contributed by atoms with E-state index in [1.807, 2.05) is 0 Å². The summed E-state index contributed by atoms with van der Waals surface area (Å²) in [6.45, 7) is 0. The number of rotatable bonds is 2. The van der Waals surface area contributed by atoms with E-state index < -0.39 is 0 Å². The molecule has 1 aromatic carbocycles. The third-order valence-electron chi connectivity index (χ3n) is 4.69. The average molecular weight is 300 g/mol. The maximum atomic E-state index is 12.6. The van der Waals surface area contributed by atoms with Crippen molar-refractivity contribution in [1.82, 2.24) is 4.90 Å². The van der Waals surface area contributed by atoms with E-state index in [0.29, 0.717) is 18.4 Å². The van der Waals surface area contributed by atoms with Crippen molar-refractivity contribution in [3.05, 3.63) is 35.2 Å². The highest BCUT2D eigenvalue weighted by molar-refractivity contribution is 7.17. The number of carbonyl (C=O) groups is 1. The third kappa shape index (κ3) is 2.27. The van der Waals surface area contributed by atoms with E-state index in [1.165, 1.54) is 15.6 Å². The van der Waals surface area contributed by atoms with E-state index in [1.54, 1.807) is 11.3 Å². The molecule has 1 aliphatic carbocycles. The predicted molar refractivity (Wildman–Crippen MR) is 86.3 cm³/mol. The van der Waals surface area contributed by atoms with E-state index in [9.17, 15) is 4.79 Å². The number of nitrogens with two attached hydrogens (primary N) is 1. The molecule has 2 heterocycles. The Labute approximate surface area is 128 Å². The lowest BCUT2D eigenvalue weighted by Crippen LogP contribution is -2.43. The first-order valence-electron chi connectivity index (χ1n) is 7.78. The average Bonchev–Trinajstić information content (AvgIpc) is 3.25. The van der Waals surface area contributed by atoms with Crippen molar-refractivity contribution in [1.29, 1.82) is 0 Å². The molecule has 1 aliphatic heterocycles. The molecule has 2 aromatic rings. The molecular weight excluding hydrogens is 280 g/mol. The zero-order chi connectivity index (χ0) is 14.4. The highest BCUT2D eigenvalue weighted by Crippen LogP contribution is 2.42. The monoisotopic (exact) mass is 300 g/mol. The number of thiophene rings is 1. The molecule has 0 radical (unpaired) electrons. The quantitative estimate of drug-likeness (QED) is 0.923. The molecule has 4 heteroatoms. The Hall–Kier alpha value is -1.39. The summed E-state index contributed by atoms with van der Waals surface area (Å²) in [6.07, 6.45) is 4.78. The summed E-state index contributed by atoms with van der Waals surface area (Å²) >= 11 is 1.76. The van der Waals surface area contributed by atoms with Gasteiger partial charge in [0.1, 0.15) is 0 Å². The van der Waals surface area contributed by atoms with Gasteiger partial charge in [-0.15, -0.1) is 11.3 Å². The Kier molecular flexibility index (Phi) is 3.23. The van der Waals surface area contributed by atoms with Crippen molar-refractivity contribution >= 4 is 27.3 Å². The number of carbonyl (C=O) groups excluding carboxylic acids is 1. The first kappa shape index (κ1) is 13.3. The lowest BCUT2D eigenvalue weighted by molar-refractivity contribution is -0.133. The molecule has 4 rings (SSSR count). The molecule has 2 fully saturated rings. The minimum atomic E-state index is 0.0510. The molecule has 3 nitrogen and oxygen atoms in total. The smallest absolute Gasteiger partial charge is 0.223 e. The van der Waals surface area contributed by atoms with Crippen molar-refractivity contribution in [2.45, 2.75) is 50.2 Å². The van der Waals surface area contributed by atoms with Crippen molar-refractivity contribution in [3.8, 4) is 0 Å².